The molecule has 1 aliphatic rings. The normalized spacial score (nSPS) is 12.7. The second kappa shape index (κ2) is 7.14. The number of thiophene rings is 1. The summed E-state index contributed by atoms with van der Waals surface area (Å²) in [7, 11) is 0. The molecule has 2 aromatic heterocycles. The Morgan fingerprint density at radius 1 is 0.788 bits per heavy atom. The van der Waals surface area contributed by atoms with Crippen molar-refractivity contribution in [2.24, 2.45) is 9.98 Å². The van der Waals surface area contributed by atoms with E-state index in [0.29, 0.717) is 10.8 Å². The van der Waals surface area contributed by atoms with Crippen LogP contribution in [0.2, 0.25) is 0 Å². The lowest BCUT2D eigenvalue weighted by Gasteiger charge is -2.21. The van der Waals surface area contributed by atoms with E-state index in [4.69, 9.17) is 21.0 Å². The number of hydrogen-bond donors (Lipinski definition) is 1. The second-order valence-electron chi connectivity index (χ2n) is 8.15. The van der Waals surface area contributed by atoms with Gasteiger partial charge < -0.3 is 4.98 Å². The molecular weight excluding hydrogens is 430 g/mol. The van der Waals surface area contributed by atoms with Gasteiger partial charge in [-0.3, -0.25) is 0 Å². The highest BCUT2D eigenvalue weighted by molar-refractivity contribution is 7.22. The Hall–Kier alpha value is -4.76. The predicted molar refractivity (Wildman–Crippen MR) is 128 cm³/mol. The topological polar surface area (TPSA) is 136 Å². The molecule has 0 atom stereocenters. The smallest absolute Gasteiger partial charge is 0.219 e. The number of fused-ring (bicyclic) bond motifs is 5. The minimum absolute atomic E-state index is 0.164. The molecule has 0 amide bonds. The second-order valence-corrected chi connectivity index (χ2v) is 9.22. The highest BCUT2D eigenvalue weighted by atomic mass is 32.1. The van der Waals surface area contributed by atoms with E-state index in [2.05, 4.69) is 53.1 Å². The molecule has 0 radical (unpaired) electrons. The van der Waals surface area contributed by atoms with Gasteiger partial charge in [0, 0.05) is 21.0 Å². The molecule has 0 saturated carbocycles. The van der Waals surface area contributed by atoms with Crippen molar-refractivity contribution in [1.82, 2.24) is 4.98 Å². The van der Waals surface area contributed by atoms with Gasteiger partial charge >= 0.3 is 0 Å². The number of nitriles is 4. The van der Waals surface area contributed by atoms with E-state index >= 15 is 0 Å². The fraction of sp³-hybridized carbons (Fsp3) is 0.120. The van der Waals surface area contributed by atoms with Gasteiger partial charge in [0.1, 0.15) is 35.1 Å². The van der Waals surface area contributed by atoms with E-state index < -0.39 is 0 Å². The third-order valence-corrected chi connectivity index (χ3v) is 6.89. The van der Waals surface area contributed by atoms with Crippen molar-refractivity contribution in [2.45, 2.75) is 19.3 Å². The number of H-pyrrole nitrogens is 1. The zero-order valence-corrected chi connectivity index (χ0v) is 18.4. The van der Waals surface area contributed by atoms with Gasteiger partial charge in [-0.2, -0.15) is 21.0 Å². The highest BCUT2D eigenvalue weighted by Gasteiger charge is 2.36. The van der Waals surface area contributed by atoms with Crippen LogP contribution < -0.4 is 0 Å². The molecule has 1 aliphatic carbocycles. The Balaban J connectivity index is 1.69. The number of hydrogen-bond acceptors (Lipinski definition) is 7. The fourth-order valence-electron chi connectivity index (χ4n) is 4.36. The number of aromatic amines is 1. The van der Waals surface area contributed by atoms with Crippen LogP contribution in [0.25, 0.3) is 32.1 Å². The van der Waals surface area contributed by atoms with Gasteiger partial charge in [-0.15, -0.1) is 11.3 Å². The summed E-state index contributed by atoms with van der Waals surface area (Å²) in [6.07, 6.45) is 0. The minimum atomic E-state index is -0.242. The Labute approximate surface area is 192 Å². The van der Waals surface area contributed by atoms with Crippen molar-refractivity contribution in [3.8, 4) is 35.4 Å². The summed E-state index contributed by atoms with van der Waals surface area (Å²) < 4.78 is 1.02. The van der Waals surface area contributed by atoms with E-state index in [1.807, 2.05) is 12.1 Å². The summed E-state index contributed by atoms with van der Waals surface area (Å²) >= 11 is 1.44. The van der Waals surface area contributed by atoms with Gasteiger partial charge in [0.05, 0.1) is 0 Å². The molecule has 0 spiro atoms. The van der Waals surface area contributed by atoms with Crippen LogP contribution in [0.4, 0.5) is 10.8 Å². The Bertz CT molecular complexity index is 1570. The molecule has 5 rings (SSSR count). The van der Waals surface area contributed by atoms with Crippen LogP contribution in [-0.2, 0) is 5.41 Å². The van der Waals surface area contributed by atoms with E-state index in [1.165, 1.54) is 22.5 Å². The van der Waals surface area contributed by atoms with Crippen LogP contribution in [0.1, 0.15) is 25.0 Å². The van der Waals surface area contributed by atoms with Gasteiger partial charge in [-0.1, -0.05) is 13.8 Å². The Kier molecular flexibility index (Phi) is 4.36. The van der Waals surface area contributed by atoms with Gasteiger partial charge in [0.15, 0.2) is 0 Å². The van der Waals surface area contributed by atoms with E-state index in [9.17, 15) is 0 Å². The monoisotopic (exact) mass is 443 g/mol. The van der Waals surface area contributed by atoms with E-state index in [0.717, 1.165) is 32.1 Å². The summed E-state index contributed by atoms with van der Waals surface area (Å²) in [5.74, 6) is 0.465. The summed E-state index contributed by atoms with van der Waals surface area (Å²) in [5.41, 5.74) is 4.88. The maximum absolute atomic E-state index is 9.00. The standard InChI is InChI=1S/C25H13N7S/c1-25(2)19-3-13-5-23(30-15(9-26)10-27)32-21(13)7-17(19)18-8-22-14(4-20(18)25)6-24(33-22)31-16(11-28)12-29/h3-8,32H,1-2H3. The molecule has 0 aliphatic heterocycles. The molecule has 7 nitrogen and oxygen atoms in total. The molecule has 4 aromatic rings. The quantitative estimate of drug-likeness (QED) is 0.384. The average Bonchev–Trinajstić information content (AvgIpc) is 3.45. The average molecular weight is 443 g/mol. The lowest BCUT2D eigenvalue weighted by molar-refractivity contribution is 0.662. The van der Waals surface area contributed by atoms with Crippen LogP contribution in [0.15, 0.2) is 46.4 Å². The fourth-order valence-corrected chi connectivity index (χ4v) is 5.32. The first-order valence-electron chi connectivity index (χ1n) is 9.91. The number of rotatable bonds is 2. The lowest BCUT2D eigenvalue weighted by atomic mass is 9.82. The first kappa shape index (κ1) is 20.2. The van der Waals surface area contributed by atoms with Gasteiger partial charge in [-0.25, -0.2) is 9.98 Å². The van der Waals surface area contributed by atoms with Crippen molar-refractivity contribution in [2.75, 3.05) is 0 Å². The third-order valence-electron chi connectivity index (χ3n) is 5.90. The summed E-state index contributed by atoms with van der Waals surface area (Å²) in [6.45, 7) is 4.36. The molecule has 154 valence electrons. The number of aromatic nitrogens is 1. The number of benzene rings is 2. The molecular formula is C25H13N7S. The van der Waals surface area contributed by atoms with Crippen LogP contribution in [0, 0.1) is 45.3 Å². The SMILES string of the molecule is CC1(C)c2cc3cc(N=C(C#N)C#N)[nH]c3cc2-c2cc3sc(N=C(C#N)C#N)cc3cc21. The van der Waals surface area contributed by atoms with Crippen LogP contribution in [0.3, 0.4) is 0 Å². The van der Waals surface area contributed by atoms with Crippen molar-refractivity contribution in [3.05, 3.63) is 47.5 Å². The zero-order valence-electron chi connectivity index (χ0n) is 17.6. The maximum Gasteiger partial charge on any atom is 0.219 e. The molecule has 8 heteroatoms. The van der Waals surface area contributed by atoms with Gasteiger partial charge in [0.2, 0.25) is 11.4 Å². The molecule has 33 heavy (non-hydrogen) atoms. The summed E-state index contributed by atoms with van der Waals surface area (Å²) in [4.78, 5) is 11.4. The highest BCUT2D eigenvalue weighted by Crippen LogP contribution is 2.52. The van der Waals surface area contributed by atoms with Crippen molar-refractivity contribution in [1.29, 1.82) is 21.0 Å². The Morgan fingerprint density at radius 3 is 2.06 bits per heavy atom. The summed E-state index contributed by atoms with van der Waals surface area (Å²) in [5, 5.41) is 38.6. The predicted octanol–water partition coefficient (Wildman–Crippen LogP) is 5.93. The van der Waals surface area contributed by atoms with Crippen LogP contribution in [0.5, 0.6) is 0 Å². The molecule has 2 aromatic carbocycles. The molecule has 2 heterocycles. The largest absolute Gasteiger partial charge is 0.340 e. The van der Waals surface area contributed by atoms with Crippen LogP contribution >= 0.6 is 11.3 Å². The van der Waals surface area contributed by atoms with Crippen molar-refractivity contribution in [3.63, 3.8) is 0 Å². The molecule has 0 saturated heterocycles. The molecule has 0 fully saturated rings. The van der Waals surface area contributed by atoms with E-state index in [1.54, 1.807) is 24.3 Å². The maximum atomic E-state index is 9.00. The van der Waals surface area contributed by atoms with Gasteiger partial charge in [0.25, 0.3) is 0 Å². The van der Waals surface area contributed by atoms with Crippen molar-refractivity contribution < 1.29 is 0 Å². The first-order chi connectivity index (χ1) is 15.9. The van der Waals surface area contributed by atoms with Gasteiger partial charge in [-0.05, 0) is 64.0 Å². The lowest BCUT2D eigenvalue weighted by Crippen LogP contribution is -2.14. The van der Waals surface area contributed by atoms with E-state index in [-0.39, 0.29) is 16.8 Å². The first-order valence-corrected chi connectivity index (χ1v) is 10.7. The molecule has 0 unspecified atom stereocenters. The number of nitrogens with one attached hydrogen (secondary N) is 1. The summed E-state index contributed by atoms with van der Waals surface area (Å²) in [6, 6.07) is 19.4. The Morgan fingerprint density at radius 2 is 1.39 bits per heavy atom. The molecule has 1 N–H and O–H groups in total. The van der Waals surface area contributed by atoms with Crippen molar-refractivity contribution >= 4 is 54.6 Å². The third kappa shape index (κ3) is 3.07. The number of nitrogens with zero attached hydrogens (tertiary/aromatic N) is 6. The minimum Gasteiger partial charge on any atom is -0.340 e. The molecule has 0 bridgehead atoms. The zero-order chi connectivity index (χ0) is 23.3. The number of aliphatic imine (C=N–C) groups is 2. The van der Waals surface area contributed by atoms with Crippen LogP contribution in [-0.4, -0.2) is 16.4 Å².